The standard InChI is InChI=1S/C20H15NO3S/c1-13-10-18-16(14-6-3-2-4-7-14)11-17(15-8-5-9-21-12-15)19(18)20(13)25(22,23)24/h2-12H,1H3,(H,22,23,24). The summed E-state index contributed by atoms with van der Waals surface area (Å²) in [6.45, 7) is 1.70. The third-order valence-corrected chi connectivity index (χ3v) is 5.42. The molecule has 0 unspecified atom stereocenters. The van der Waals surface area contributed by atoms with Crippen molar-refractivity contribution >= 4 is 21.3 Å². The normalized spacial score (nSPS) is 16.9. The highest BCUT2D eigenvalue weighted by Gasteiger charge is 2.35. The van der Waals surface area contributed by atoms with E-state index in [-0.39, 0.29) is 4.91 Å². The molecule has 0 amide bonds. The van der Waals surface area contributed by atoms with Crippen molar-refractivity contribution in [2.24, 2.45) is 0 Å². The molecule has 0 saturated carbocycles. The van der Waals surface area contributed by atoms with Gasteiger partial charge in [-0.1, -0.05) is 36.4 Å². The van der Waals surface area contributed by atoms with Crippen LogP contribution in [0.4, 0.5) is 0 Å². The largest absolute Gasteiger partial charge is 0.295 e. The Morgan fingerprint density at radius 3 is 2.28 bits per heavy atom. The van der Waals surface area contributed by atoms with Crippen molar-refractivity contribution in [1.29, 1.82) is 0 Å². The van der Waals surface area contributed by atoms with Gasteiger partial charge in [0.25, 0.3) is 10.1 Å². The lowest BCUT2D eigenvalue weighted by molar-refractivity contribution is 0.491. The van der Waals surface area contributed by atoms with Crippen LogP contribution in [0.15, 0.2) is 88.6 Å². The molecule has 0 atom stereocenters. The molecule has 2 aliphatic rings. The average molecular weight is 349 g/mol. The highest BCUT2D eigenvalue weighted by atomic mass is 32.2. The van der Waals surface area contributed by atoms with Crippen LogP contribution in [0.1, 0.15) is 18.1 Å². The van der Waals surface area contributed by atoms with E-state index in [2.05, 4.69) is 4.98 Å². The second-order valence-corrected chi connectivity index (χ2v) is 7.36. The molecule has 124 valence electrons. The molecule has 4 rings (SSSR count). The van der Waals surface area contributed by atoms with E-state index in [1.54, 1.807) is 25.4 Å². The van der Waals surface area contributed by atoms with Crippen LogP contribution in [-0.4, -0.2) is 18.0 Å². The summed E-state index contributed by atoms with van der Waals surface area (Å²) >= 11 is 0. The number of hydrogen-bond acceptors (Lipinski definition) is 3. The van der Waals surface area contributed by atoms with Gasteiger partial charge in [0.1, 0.15) is 4.91 Å². The number of allylic oxidation sites excluding steroid dienone is 7. The maximum absolute atomic E-state index is 12.0. The number of benzene rings is 1. The Bertz CT molecular complexity index is 1090. The molecular formula is C20H15NO3S. The highest BCUT2D eigenvalue weighted by Crippen LogP contribution is 2.49. The summed E-state index contributed by atoms with van der Waals surface area (Å²) in [7, 11) is -4.34. The highest BCUT2D eigenvalue weighted by molar-refractivity contribution is 7.90. The van der Waals surface area contributed by atoms with Crippen molar-refractivity contribution in [2.45, 2.75) is 6.92 Å². The van der Waals surface area contributed by atoms with E-state index in [1.807, 2.05) is 48.6 Å². The fraction of sp³-hybridized carbons (Fsp3) is 0.0500. The maximum atomic E-state index is 12.0. The van der Waals surface area contributed by atoms with E-state index >= 15 is 0 Å². The Balaban J connectivity index is 2.04. The van der Waals surface area contributed by atoms with Crippen molar-refractivity contribution in [2.75, 3.05) is 0 Å². The van der Waals surface area contributed by atoms with Gasteiger partial charge in [0.05, 0.1) is 0 Å². The Morgan fingerprint density at radius 1 is 0.920 bits per heavy atom. The van der Waals surface area contributed by atoms with Gasteiger partial charge in [-0.25, -0.2) is 0 Å². The lowest BCUT2D eigenvalue weighted by Gasteiger charge is -2.09. The number of nitrogens with zero attached hydrogens (tertiary/aromatic N) is 1. The second kappa shape index (κ2) is 5.65. The summed E-state index contributed by atoms with van der Waals surface area (Å²) in [5.74, 6) is 0. The molecule has 2 aromatic rings. The van der Waals surface area contributed by atoms with Gasteiger partial charge < -0.3 is 0 Å². The van der Waals surface area contributed by atoms with E-state index in [0.29, 0.717) is 11.1 Å². The minimum Gasteiger partial charge on any atom is -0.282 e. The summed E-state index contributed by atoms with van der Waals surface area (Å²) in [5.41, 5.74) is 5.40. The Morgan fingerprint density at radius 2 is 1.64 bits per heavy atom. The molecule has 25 heavy (non-hydrogen) atoms. The van der Waals surface area contributed by atoms with Crippen LogP contribution in [0.2, 0.25) is 0 Å². The maximum Gasteiger partial charge on any atom is 0.295 e. The molecule has 0 spiro atoms. The third-order valence-electron chi connectivity index (χ3n) is 4.38. The molecule has 0 radical (unpaired) electrons. The van der Waals surface area contributed by atoms with Crippen LogP contribution in [0.5, 0.6) is 0 Å². The van der Waals surface area contributed by atoms with Gasteiger partial charge >= 0.3 is 0 Å². The summed E-state index contributed by atoms with van der Waals surface area (Å²) < 4.78 is 33.8. The van der Waals surface area contributed by atoms with Crippen LogP contribution in [0, 0.1) is 0 Å². The van der Waals surface area contributed by atoms with Gasteiger partial charge in [-0.3, -0.25) is 9.54 Å². The minimum atomic E-state index is -4.34. The van der Waals surface area contributed by atoms with Gasteiger partial charge in [0, 0.05) is 23.5 Å². The third kappa shape index (κ3) is 2.58. The fourth-order valence-electron chi connectivity index (χ4n) is 3.39. The summed E-state index contributed by atoms with van der Waals surface area (Å²) in [6.07, 6.45) is 7.15. The molecular weight excluding hydrogens is 334 g/mol. The lowest BCUT2D eigenvalue weighted by atomic mass is 10.00. The van der Waals surface area contributed by atoms with Crippen LogP contribution in [-0.2, 0) is 10.1 Å². The Labute approximate surface area is 146 Å². The molecule has 1 aromatic carbocycles. The first-order valence-corrected chi connectivity index (χ1v) is 9.24. The molecule has 1 aromatic heterocycles. The first-order chi connectivity index (χ1) is 12.0. The SMILES string of the molecule is CC1=CC2=C(c3ccccc3)C=C(c3cccnc3)C2=C1S(=O)(=O)O. The summed E-state index contributed by atoms with van der Waals surface area (Å²) in [6, 6.07) is 13.5. The first-order valence-electron chi connectivity index (χ1n) is 7.80. The van der Waals surface area contributed by atoms with E-state index in [4.69, 9.17) is 0 Å². The molecule has 0 fully saturated rings. The second-order valence-electron chi connectivity index (χ2n) is 6.00. The number of aromatic nitrogens is 1. The van der Waals surface area contributed by atoms with E-state index in [9.17, 15) is 13.0 Å². The number of pyridine rings is 1. The zero-order valence-electron chi connectivity index (χ0n) is 13.5. The Hall–Kier alpha value is -2.76. The van der Waals surface area contributed by atoms with Crippen LogP contribution < -0.4 is 0 Å². The van der Waals surface area contributed by atoms with Gasteiger partial charge in [-0.15, -0.1) is 0 Å². The molecule has 5 heteroatoms. The average Bonchev–Trinajstić information content (AvgIpc) is 3.11. The first kappa shape index (κ1) is 15.7. The monoisotopic (exact) mass is 349 g/mol. The predicted octanol–water partition coefficient (Wildman–Crippen LogP) is 4.03. The molecule has 4 nitrogen and oxygen atoms in total. The lowest BCUT2D eigenvalue weighted by Crippen LogP contribution is -2.04. The number of rotatable bonds is 3. The van der Waals surface area contributed by atoms with Crippen LogP contribution >= 0.6 is 0 Å². The van der Waals surface area contributed by atoms with Crippen molar-refractivity contribution in [3.8, 4) is 0 Å². The zero-order chi connectivity index (χ0) is 17.6. The summed E-state index contributed by atoms with van der Waals surface area (Å²) in [5, 5.41) is 0. The van der Waals surface area contributed by atoms with E-state index in [1.165, 1.54) is 0 Å². The predicted molar refractivity (Wildman–Crippen MR) is 97.9 cm³/mol. The molecule has 1 N–H and O–H groups in total. The van der Waals surface area contributed by atoms with Crippen molar-refractivity contribution in [3.63, 3.8) is 0 Å². The minimum absolute atomic E-state index is 0.0245. The molecule has 2 aliphatic carbocycles. The topological polar surface area (TPSA) is 67.3 Å². The van der Waals surface area contributed by atoms with E-state index < -0.39 is 10.1 Å². The van der Waals surface area contributed by atoms with Gasteiger partial charge in [0.15, 0.2) is 0 Å². The quantitative estimate of drug-likeness (QED) is 0.850. The molecule has 0 aliphatic heterocycles. The van der Waals surface area contributed by atoms with Crippen molar-refractivity contribution < 1.29 is 13.0 Å². The van der Waals surface area contributed by atoms with Crippen LogP contribution in [0.3, 0.4) is 0 Å². The Kier molecular flexibility index (Phi) is 3.56. The van der Waals surface area contributed by atoms with Gasteiger partial charge in [0.2, 0.25) is 0 Å². The zero-order valence-corrected chi connectivity index (χ0v) is 14.3. The van der Waals surface area contributed by atoms with Gasteiger partial charge in [-0.2, -0.15) is 8.42 Å². The number of fused-ring (bicyclic) bond motifs is 1. The number of hydrogen-bond donors (Lipinski definition) is 1. The smallest absolute Gasteiger partial charge is 0.282 e. The molecule has 0 saturated heterocycles. The van der Waals surface area contributed by atoms with Crippen LogP contribution in [0.25, 0.3) is 11.1 Å². The van der Waals surface area contributed by atoms with Gasteiger partial charge in [-0.05, 0) is 53.0 Å². The molecule has 0 bridgehead atoms. The van der Waals surface area contributed by atoms with E-state index in [0.717, 1.165) is 27.8 Å². The van der Waals surface area contributed by atoms with Crippen molar-refractivity contribution in [3.05, 3.63) is 99.8 Å². The molecule has 1 heterocycles. The summed E-state index contributed by atoms with van der Waals surface area (Å²) in [4.78, 5) is 4.11. The van der Waals surface area contributed by atoms with Crippen molar-refractivity contribution in [1.82, 2.24) is 4.98 Å². The fourth-order valence-corrected chi connectivity index (χ4v) is 4.33.